The molecule has 1 aromatic carbocycles. The minimum absolute atomic E-state index is 0.212. The Morgan fingerprint density at radius 3 is 2.94 bits per heavy atom. The third-order valence-electron chi connectivity index (χ3n) is 5.46. The van der Waals surface area contributed by atoms with Crippen molar-refractivity contribution in [3.05, 3.63) is 59.6 Å². The third kappa shape index (κ3) is 3.99. The first kappa shape index (κ1) is 20.9. The van der Waals surface area contributed by atoms with Crippen molar-refractivity contribution in [1.29, 1.82) is 5.26 Å². The van der Waals surface area contributed by atoms with Crippen molar-refractivity contribution in [3.63, 3.8) is 0 Å². The fourth-order valence-corrected chi connectivity index (χ4v) is 4.03. The normalized spacial score (nSPS) is 13.1. The number of aromatic nitrogens is 5. The number of nitriles is 1. The zero-order valence-electron chi connectivity index (χ0n) is 18.2. The molecule has 4 aromatic rings. The zero-order chi connectivity index (χ0) is 23.2. The van der Waals surface area contributed by atoms with Crippen molar-refractivity contribution in [2.24, 2.45) is 0 Å². The lowest BCUT2D eigenvalue weighted by molar-refractivity contribution is 0.0577. The lowest BCUT2D eigenvalue weighted by Crippen LogP contribution is -2.26. The van der Waals surface area contributed by atoms with E-state index in [1.807, 2.05) is 0 Å². The summed E-state index contributed by atoms with van der Waals surface area (Å²) in [6.07, 6.45) is 7.35. The van der Waals surface area contributed by atoms with Crippen molar-refractivity contribution in [1.82, 2.24) is 24.1 Å². The van der Waals surface area contributed by atoms with E-state index >= 15 is 0 Å². The molecule has 10 heteroatoms. The minimum Gasteiger partial charge on any atom is -0.493 e. The fourth-order valence-electron chi connectivity index (χ4n) is 4.03. The molecule has 0 saturated heterocycles. The van der Waals surface area contributed by atoms with Crippen molar-refractivity contribution >= 4 is 11.6 Å². The van der Waals surface area contributed by atoms with E-state index in [9.17, 15) is 14.8 Å². The lowest BCUT2D eigenvalue weighted by Gasteiger charge is -2.16. The Morgan fingerprint density at radius 1 is 1.30 bits per heavy atom. The summed E-state index contributed by atoms with van der Waals surface area (Å²) in [5.41, 5.74) is 2.68. The van der Waals surface area contributed by atoms with Gasteiger partial charge in [-0.1, -0.05) is 0 Å². The highest BCUT2D eigenvalue weighted by atomic mass is 19.1. The quantitative estimate of drug-likeness (QED) is 0.467. The SMILES string of the molecule is CC(C)(O)Cn1cc(-c2cnc(NCc3c(F)ccc4c3CCO4)n3cc(C#N)nc23)cn1. The molecule has 168 valence electrons. The second-order valence-corrected chi connectivity index (χ2v) is 8.62. The summed E-state index contributed by atoms with van der Waals surface area (Å²) in [4.78, 5) is 8.94. The number of nitrogens with zero attached hydrogens (tertiary/aromatic N) is 6. The van der Waals surface area contributed by atoms with E-state index < -0.39 is 5.60 Å². The molecule has 5 rings (SSSR count). The second-order valence-electron chi connectivity index (χ2n) is 8.62. The summed E-state index contributed by atoms with van der Waals surface area (Å²) >= 11 is 0. The van der Waals surface area contributed by atoms with E-state index in [1.165, 1.54) is 6.07 Å². The molecule has 0 aliphatic carbocycles. The van der Waals surface area contributed by atoms with E-state index in [0.717, 1.165) is 11.1 Å². The highest BCUT2D eigenvalue weighted by molar-refractivity contribution is 5.77. The van der Waals surface area contributed by atoms with Crippen molar-refractivity contribution in [2.75, 3.05) is 11.9 Å². The van der Waals surface area contributed by atoms with Gasteiger partial charge < -0.3 is 15.2 Å². The highest BCUT2D eigenvalue weighted by Crippen LogP contribution is 2.31. The Balaban J connectivity index is 1.49. The van der Waals surface area contributed by atoms with Crippen molar-refractivity contribution in [2.45, 2.75) is 39.0 Å². The average molecular weight is 447 g/mol. The number of hydrogen-bond acceptors (Lipinski definition) is 7. The maximum absolute atomic E-state index is 14.5. The van der Waals surface area contributed by atoms with Crippen LogP contribution in [-0.2, 0) is 19.5 Å². The Kier molecular flexibility index (Phi) is 4.98. The van der Waals surface area contributed by atoms with Gasteiger partial charge >= 0.3 is 0 Å². The molecule has 4 heterocycles. The Labute approximate surface area is 189 Å². The number of imidazole rings is 1. The van der Waals surface area contributed by atoms with Crippen LogP contribution in [0.1, 0.15) is 30.7 Å². The van der Waals surface area contributed by atoms with E-state index in [1.54, 1.807) is 53.8 Å². The summed E-state index contributed by atoms with van der Waals surface area (Å²) < 4.78 is 23.4. The Morgan fingerprint density at radius 2 is 2.15 bits per heavy atom. The van der Waals surface area contributed by atoms with Gasteiger partial charge in [0.25, 0.3) is 0 Å². The van der Waals surface area contributed by atoms with Crippen molar-refractivity contribution in [3.8, 4) is 22.9 Å². The van der Waals surface area contributed by atoms with Gasteiger partial charge in [0.15, 0.2) is 11.3 Å². The average Bonchev–Trinajstić information content (AvgIpc) is 3.51. The van der Waals surface area contributed by atoms with Crippen LogP contribution < -0.4 is 10.1 Å². The van der Waals surface area contributed by atoms with Gasteiger partial charge in [-0.25, -0.2) is 14.4 Å². The molecular formula is C23H22FN7O2. The molecule has 0 bridgehead atoms. The van der Waals surface area contributed by atoms with Crippen LogP contribution in [0.4, 0.5) is 10.3 Å². The summed E-state index contributed by atoms with van der Waals surface area (Å²) in [7, 11) is 0. The number of halogens is 1. The maximum atomic E-state index is 14.5. The van der Waals surface area contributed by atoms with Gasteiger partial charge in [0, 0.05) is 47.6 Å². The first-order valence-electron chi connectivity index (χ1n) is 10.5. The molecule has 0 spiro atoms. The van der Waals surface area contributed by atoms with E-state index in [2.05, 4.69) is 26.5 Å². The summed E-state index contributed by atoms with van der Waals surface area (Å²) in [6.45, 7) is 4.49. The number of fused-ring (bicyclic) bond motifs is 2. The first-order valence-corrected chi connectivity index (χ1v) is 10.5. The van der Waals surface area contributed by atoms with Crippen LogP contribution in [0, 0.1) is 17.1 Å². The number of hydrogen-bond donors (Lipinski definition) is 2. The van der Waals surface area contributed by atoms with Gasteiger partial charge in [-0.3, -0.25) is 9.08 Å². The summed E-state index contributed by atoms with van der Waals surface area (Å²) in [6, 6.07) is 5.12. The lowest BCUT2D eigenvalue weighted by atomic mass is 10.0. The minimum atomic E-state index is -0.913. The molecule has 0 saturated carbocycles. The largest absolute Gasteiger partial charge is 0.493 e. The number of anilines is 1. The van der Waals surface area contributed by atoms with E-state index in [4.69, 9.17) is 4.74 Å². The summed E-state index contributed by atoms with van der Waals surface area (Å²) in [5, 5.41) is 26.9. The molecule has 0 amide bonds. The Hall–Kier alpha value is -3.97. The molecule has 3 aromatic heterocycles. The van der Waals surface area contributed by atoms with Gasteiger partial charge in [-0.05, 0) is 26.0 Å². The van der Waals surface area contributed by atoms with Gasteiger partial charge in [-0.15, -0.1) is 0 Å². The molecule has 1 aliphatic rings. The smallest absolute Gasteiger partial charge is 0.208 e. The molecule has 0 unspecified atom stereocenters. The summed E-state index contributed by atoms with van der Waals surface area (Å²) in [5.74, 6) is 0.837. The van der Waals surface area contributed by atoms with Gasteiger partial charge in [-0.2, -0.15) is 10.4 Å². The van der Waals surface area contributed by atoms with Crippen LogP contribution >= 0.6 is 0 Å². The zero-order valence-corrected chi connectivity index (χ0v) is 18.2. The van der Waals surface area contributed by atoms with Crippen molar-refractivity contribution < 1.29 is 14.2 Å². The van der Waals surface area contributed by atoms with E-state index in [0.29, 0.717) is 48.0 Å². The van der Waals surface area contributed by atoms with E-state index in [-0.39, 0.29) is 18.1 Å². The van der Waals surface area contributed by atoms with Gasteiger partial charge in [0.2, 0.25) is 5.95 Å². The molecule has 0 fully saturated rings. The van der Waals surface area contributed by atoms with Gasteiger partial charge in [0.05, 0.1) is 31.1 Å². The molecule has 1 aliphatic heterocycles. The van der Waals surface area contributed by atoms with Crippen LogP contribution in [0.25, 0.3) is 16.8 Å². The molecule has 9 nitrogen and oxygen atoms in total. The highest BCUT2D eigenvalue weighted by Gasteiger charge is 2.21. The topological polar surface area (TPSA) is 113 Å². The molecule has 0 radical (unpaired) electrons. The predicted molar refractivity (Wildman–Crippen MR) is 118 cm³/mol. The molecule has 0 atom stereocenters. The third-order valence-corrected chi connectivity index (χ3v) is 5.46. The molecule has 33 heavy (non-hydrogen) atoms. The van der Waals surface area contributed by atoms with Crippen LogP contribution in [0.15, 0.2) is 36.9 Å². The van der Waals surface area contributed by atoms with Gasteiger partial charge in [0.1, 0.15) is 17.6 Å². The number of aliphatic hydroxyl groups is 1. The Bertz CT molecular complexity index is 1390. The van der Waals surface area contributed by atoms with Crippen LogP contribution in [0.2, 0.25) is 0 Å². The second kappa shape index (κ2) is 7.86. The molecule has 2 N–H and O–H groups in total. The first-order chi connectivity index (χ1) is 15.8. The predicted octanol–water partition coefficient (Wildman–Crippen LogP) is 2.92. The number of ether oxygens (including phenoxy) is 1. The van der Waals surface area contributed by atoms with Crippen LogP contribution in [0.5, 0.6) is 5.75 Å². The number of rotatable bonds is 6. The number of nitrogens with one attached hydrogen (secondary N) is 1. The fraction of sp³-hybridized carbons (Fsp3) is 0.304. The number of benzene rings is 1. The maximum Gasteiger partial charge on any atom is 0.208 e. The standard InChI is InChI=1S/C23H22FN7O2/c1-23(2,32)13-30-11-14(8-28-30)17-9-26-22(31-12-15(7-25)29-21(17)31)27-10-18-16-5-6-33-20(16)4-3-19(18)24/h3-4,8-9,11-12,32H,5-6,10,13H2,1-2H3,(H,26,27). The van der Waals surface area contributed by atoms with Crippen LogP contribution in [0.3, 0.4) is 0 Å². The van der Waals surface area contributed by atoms with Crippen LogP contribution in [-0.4, -0.2) is 41.5 Å². The molecular weight excluding hydrogens is 425 g/mol. The monoisotopic (exact) mass is 447 g/mol.